The Morgan fingerprint density at radius 1 is 1.54 bits per heavy atom. The van der Waals surface area contributed by atoms with E-state index in [4.69, 9.17) is 4.74 Å². The third kappa shape index (κ3) is 2.42. The molecule has 0 aromatic heterocycles. The quantitative estimate of drug-likeness (QED) is 0.886. The zero-order valence-corrected chi connectivity index (χ0v) is 9.11. The lowest BCUT2D eigenvalue weighted by molar-refractivity contribution is 0.409. The average molecular weight is 248 g/mol. The van der Waals surface area contributed by atoms with Crippen LogP contribution in [0.3, 0.4) is 0 Å². The number of hydrogen-bond acceptors (Lipinski definition) is 2. The van der Waals surface area contributed by atoms with Crippen molar-refractivity contribution in [1.29, 1.82) is 0 Å². The van der Waals surface area contributed by atoms with E-state index in [1.165, 1.54) is 6.07 Å². The first-order valence-corrected chi connectivity index (χ1v) is 4.65. The standard InChI is InChI=1S/C9H11BrFNO/c1-12-5-6-3-9(13-2)7(10)4-8(6)11/h3-4,12H,5H2,1-2H3. The number of hydrogen-bond donors (Lipinski definition) is 1. The third-order valence-corrected chi connectivity index (χ3v) is 2.31. The molecule has 0 fully saturated rings. The minimum Gasteiger partial charge on any atom is -0.496 e. The molecule has 1 N–H and O–H groups in total. The molecule has 0 radical (unpaired) electrons. The first-order valence-electron chi connectivity index (χ1n) is 3.85. The first kappa shape index (κ1) is 10.5. The molecule has 1 aromatic rings. The molecule has 4 heteroatoms. The van der Waals surface area contributed by atoms with Crippen LogP contribution in [0.1, 0.15) is 5.56 Å². The number of rotatable bonds is 3. The molecule has 0 amide bonds. The summed E-state index contributed by atoms with van der Waals surface area (Å²) in [5.41, 5.74) is 0.600. The van der Waals surface area contributed by atoms with Gasteiger partial charge in [0.05, 0.1) is 11.6 Å². The zero-order chi connectivity index (χ0) is 9.84. The second kappa shape index (κ2) is 4.58. The molecular weight excluding hydrogens is 237 g/mol. The van der Waals surface area contributed by atoms with Crippen LogP contribution >= 0.6 is 15.9 Å². The molecule has 0 heterocycles. The van der Waals surface area contributed by atoms with E-state index in [0.717, 1.165) is 0 Å². The molecule has 0 saturated heterocycles. The highest BCUT2D eigenvalue weighted by Crippen LogP contribution is 2.27. The SMILES string of the molecule is CNCc1cc(OC)c(Br)cc1F. The van der Waals surface area contributed by atoms with Crippen molar-refractivity contribution in [2.24, 2.45) is 0 Å². The van der Waals surface area contributed by atoms with Crippen LogP contribution in [-0.2, 0) is 6.54 Å². The number of ether oxygens (including phenoxy) is 1. The van der Waals surface area contributed by atoms with Gasteiger partial charge in [0.25, 0.3) is 0 Å². The Morgan fingerprint density at radius 3 is 2.77 bits per heavy atom. The fourth-order valence-corrected chi connectivity index (χ4v) is 1.53. The summed E-state index contributed by atoms with van der Waals surface area (Å²) in [6, 6.07) is 3.08. The summed E-state index contributed by atoms with van der Waals surface area (Å²) < 4.78 is 18.9. The van der Waals surface area contributed by atoms with E-state index < -0.39 is 0 Å². The van der Waals surface area contributed by atoms with E-state index in [0.29, 0.717) is 22.3 Å². The van der Waals surface area contributed by atoms with Gasteiger partial charge in [-0.3, -0.25) is 0 Å². The van der Waals surface area contributed by atoms with Gasteiger partial charge in [-0.25, -0.2) is 4.39 Å². The van der Waals surface area contributed by atoms with E-state index in [2.05, 4.69) is 21.2 Å². The van der Waals surface area contributed by atoms with Gasteiger partial charge in [0.1, 0.15) is 11.6 Å². The van der Waals surface area contributed by atoms with Gasteiger partial charge in [-0.05, 0) is 35.1 Å². The molecule has 0 bridgehead atoms. The van der Waals surface area contributed by atoms with Crippen LogP contribution in [0.5, 0.6) is 5.75 Å². The Labute approximate surface area is 85.2 Å². The second-order valence-electron chi connectivity index (χ2n) is 2.61. The minimum atomic E-state index is -0.234. The molecule has 0 aliphatic carbocycles. The summed E-state index contributed by atoms with van der Waals surface area (Å²) in [5, 5.41) is 2.88. The predicted molar refractivity (Wildman–Crippen MR) is 53.4 cm³/mol. The van der Waals surface area contributed by atoms with Crippen LogP contribution in [0.4, 0.5) is 4.39 Å². The fraction of sp³-hybridized carbons (Fsp3) is 0.333. The maximum absolute atomic E-state index is 13.2. The number of nitrogens with one attached hydrogen (secondary N) is 1. The molecule has 1 aromatic carbocycles. The van der Waals surface area contributed by atoms with Crippen molar-refractivity contribution in [2.75, 3.05) is 14.2 Å². The maximum atomic E-state index is 13.2. The zero-order valence-electron chi connectivity index (χ0n) is 7.53. The highest BCUT2D eigenvalue weighted by Gasteiger charge is 2.07. The van der Waals surface area contributed by atoms with E-state index in [1.807, 2.05) is 0 Å². The fourth-order valence-electron chi connectivity index (χ4n) is 1.05. The van der Waals surface area contributed by atoms with Crippen LogP contribution in [-0.4, -0.2) is 14.2 Å². The van der Waals surface area contributed by atoms with Gasteiger partial charge in [-0.1, -0.05) is 0 Å². The van der Waals surface area contributed by atoms with Gasteiger partial charge in [-0.15, -0.1) is 0 Å². The Balaban J connectivity index is 3.06. The summed E-state index contributed by atoms with van der Waals surface area (Å²) in [7, 11) is 3.33. The van der Waals surface area contributed by atoms with E-state index >= 15 is 0 Å². The highest BCUT2D eigenvalue weighted by molar-refractivity contribution is 9.10. The second-order valence-corrected chi connectivity index (χ2v) is 3.46. The van der Waals surface area contributed by atoms with Crippen LogP contribution in [0.15, 0.2) is 16.6 Å². The molecule has 0 unspecified atom stereocenters. The van der Waals surface area contributed by atoms with Crippen molar-refractivity contribution in [3.05, 3.63) is 28.0 Å². The number of benzene rings is 1. The minimum absolute atomic E-state index is 0.234. The van der Waals surface area contributed by atoms with Crippen LogP contribution < -0.4 is 10.1 Å². The number of halogens is 2. The third-order valence-electron chi connectivity index (χ3n) is 1.69. The molecule has 0 saturated carbocycles. The highest BCUT2D eigenvalue weighted by atomic mass is 79.9. The van der Waals surface area contributed by atoms with Crippen LogP contribution in [0, 0.1) is 5.82 Å². The summed E-state index contributed by atoms with van der Waals surface area (Å²) in [6.07, 6.45) is 0. The lowest BCUT2D eigenvalue weighted by Gasteiger charge is -2.07. The smallest absolute Gasteiger partial charge is 0.133 e. The molecule has 2 nitrogen and oxygen atoms in total. The summed E-state index contributed by atoms with van der Waals surface area (Å²) in [4.78, 5) is 0. The molecular formula is C9H11BrFNO. The summed E-state index contributed by atoms with van der Waals surface area (Å²) >= 11 is 3.21. The van der Waals surface area contributed by atoms with Gasteiger partial charge in [0.15, 0.2) is 0 Å². The van der Waals surface area contributed by atoms with Crippen molar-refractivity contribution in [1.82, 2.24) is 5.32 Å². The largest absolute Gasteiger partial charge is 0.496 e. The van der Waals surface area contributed by atoms with E-state index in [-0.39, 0.29) is 5.82 Å². The molecule has 0 aliphatic rings. The molecule has 13 heavy (non-hydrogen) atoms. The van der Waals surface area contributed by atoms with E-state index in [1.54, 1.807) is 20.2 Å². The normalized spacial score (nSPS) is 10.2. The predicted octanol–water partition coefficient (Wildman–Crippen LogP) is 2.32. The number of methoxy groups -OCH3 is 1. The molecule has 0 atom stereocenters. The lowest BCUT2D eigenvalue weighted by Crippen LogP contribution is -2.07. The molecule has 0 aliphatic heterocycles. The molecule has 1 rings (SSSR count). The van der Waals surface area contributed by atoms with Gasteiger partial charge in [0, 0.05) is 12.1 Å². The maximum Gasteiger partial charge on any atom is 0.133 e. The summed E-state index contributed by atoms with van der Waals surface area (Å²) in [5.74, 6) is 0.411. The van der Waals surface area contributed by atoms with Crippen molar-refractivity contribution in [3.63, 3.8) is 0 Å². The van der Waals surface area contributed by atoms with Crippen molar-refractivity contribution in [3.8, 4) is 5.75 Å². The molecule has 72 valence electrons. The topological polar surface area (TPSA) is 21.3 Å². The first-order chi connectivity index (χ1) is 6.19. The Bertz CT molecular complexity index is 304. The Kier molecular flexibility index (Phi) is 3.69. The van der Waals surface area contributed by atoms with E-state index in [9.17, 15) is 4.39 Å². The van der Waals surface area contributed by atoms with Gasteiger partial charge >= 0.3 is 0 Å². The van der Waals surface area contributed by atoms with Crippen molar-refractivity contribution in [2.45, 2.75) is 6.54 Å². The Morgan fingerprint density at radius 2 is 2.23 bits per heavy atom. The van der Waals surface area contributed by atoms with Gasteiger partial charge in [-0.2, -0.15) is 0 Å². The summed E-state index contributed by atoms with van der Waals surface area (Å²) in [6.45, 7) is 0.496. The van der Waals surface area contributed by atoms with Crippen LogP contribution in [0.25, 0.3) is 0 Å². The van der Waals surface area contributed by atoms with Gasteiger partial charge in [0.2, 0.25) is 0 Å². The van der Waals surface area contributed by atoms with Crippen molar-refractivity contribution >= 4 is 15.9 Å². The lowest BCUT2D eigenvalue weighted by atomic mass is 10.2. The monoisotopic (exact) mass is 247 g/mol. The molecule has 0 spiro atoms. The van der Waals surface area contributed by atoms with Crippen molar-refractivity contribution < 1.29 is 9.13 Å². The van der Waals surface area contributed by atoms with Crippen LogP contribution in [0.2, 0.25) is 0 Å². The Hall–Kier alpha value is -0.610. The average Bonchev–Trinajstić information content (AvgIpc) is 2.10. The van der Waals surface area contributed by atoms with Gasteiger partial charge < -0.3 is 10.1 Å².